The zero-order valence-corrected chi connectivity index (χ0v) is 16.3. The lowest BCUT2D eigenvalue weighted by molar-refractivity contribution is -0.142. The summed E-state index contributed by atoms with van der Waals surface area (Å²) >= 11 is 0. The van der Waals surface area contributed by atoms with Gasteiger partial charge in [-0.2, -0.15) is 0 Å². The Hall–Kier alpha value is -2.62. The van der Waals surface area contributed by atoms with Gasteiger partial charge in [-0.05, 0) is 36.8 Å². The fourth-order valence-electron chi connectivity index (χ4n) is 4.52. The Morgan fingerprint density at radius 2 is 1.64 bits per heavy atom. The number of hydrogen-bond acceptors (Lipinski definition) is 2. The fourth-order valence-corrected chi connectivity index (χ4v) is 4.52. The highest BCUT2D eigenvalue weighted by atomic mass is 16.2. The van der Waals surface area contributed by atoms with Crippen LogP contribution < -0.4 is 5.32 Å². The molecule has 28 heavy (non-hydrogen) atoms. The van der Waals surface area contributed by atoms with Crippen LogP contribution in [0.4, 0.5) is 0 Å². The minimum atomic E-state index is -0.540. The first-order valence-corrected chi connectivity index (χ1v) is 10.4. The van der Waals surface area contributed by atoms with Crippen molar-refractivity contribution in [2.45, 2.75) is 50.0 Å². The molecule has 0 radical (unpaired) electrons. The van der Waals surface area contributed by atoms with E-state index in [1.54, 1.807) is 4.90 Å². The van der Waals surface area contributed by atoms with Crippen molar-refractivity contribution in [2.24, 2.45) is 0 Å². The number of carbonyl (C=O) groups excluding carboxylic acids is 2. The van der Waals surface area contributed by atoms with Crippen molar-refractivity contribution in [3.8, 4) is 0 Å². The molecule has 0 spiro atoms. The molecule has 1 aliphatic carbocycles. The van der Waals surface area contributed by atoms with Gasteiger partial charge in [0.15, 0.2) is 0 Å². The molecule has 1 heterocycles. The summed E-state index contributed by atoms with van der Waals surface area (Å²) < 4.78 is 0. The molecule has 1 N–H and O–H groups in total. The molecule has 4 heteroatoms. The van der Waals surface area contributed by atoms with E-state index in [4.69, 9.17) is 0 Å². The van der Waals surface area contributed by atoms with E-state index in [2.05, 4.69) is 29.6 Å². The number of nitrogens with one attached hydrogen (secondary N) is 1. The average molecular weight is 377 g/mol. The predicted molar refractivity (Wildman–Crippen MR) is 110 cm³/mol. The van der Waals surface area contributed by atoms with Crippen LogP contribution in [0.1, 0.15) is 55.7 Å². The van der Waals surface area contributed by atoms with E-state index >= 15 is 0 Å². The molecule has 4 nitrogen and oxygen atoms in total. The molecular weight excluding hydrogens is 348 g/mol. The second kappa shape index (κ2) is 8.17. The summed E-state index contributed by atoms with van der Waals surface area (Å²) in [5.41, 5.74) is 2.22. The van der Waals surface area contributed by atoms with Crippen molar-refractivity contribution in [1.29, 1.82) is 0 Å². The first-order valence-electron chi connectivity index (χ1n) is 10.4. The molecule has 1 saturated carbocycles. The smallest absolute Gasteiger partial charge is 0.247 e. The average Bonchev–Trinajstić information content (AvgIpc) is 2.70. The SMILES string of the molecule is O=C(NCC1(c2ccccc2)CCC1)C(c1ccccc1)N1CCCCC1=O. The largest absolute Gasteiger partial charge is 0.353 e. The third-order valence-electron chi connectivity index (χ3n) is 6.33. The number of nitrogens with zero attached hydrogens (tertiary/aromatic N) is 1. The van der Waals surface area contributed by atoms with Crippen molar-refractivity contribution in [1.82, 2.24) is 10.2 Å². The quantitative estimate of drug-likeness (QED) is 0.829. The maximum atomic E-state index is 13.3. The Labute approximate surface area is 166 Å². The van der Waals surface area contributed by atoms with Crippen LogP contribution in [0, 0.1) is 0 Å². The van der Waals surface area contributed by atoms with E-state index < -0.39 is 6.04 Å². The number of carbonyl (C=O) groups is 2. The van der Waals surface area contributed by atoms with Gasteiger partial charge in [-0.25, -0.2) is 0 Å². The lowest BCUT2D eigenvalue weighted by Gasteiger charge is -2.43. The van der Waals surface area contributed by atoms with Gasteiger partial charge < -0.3 is 10.2 Å². The van der Waals surface area contributed by atoms with Gasteiger partial charge in [0.2, 0.25) is 11.8 Å². The van der Waals surface area contributed by atoms with E-state index in [-0.39, 0.29) is 17.2 Å². The zero-order chi connectivity index (χ0) is 19.4. The molecule has 2 amide bonds. The Morgan fingerprint density at radius 1 is 0.964 bits per heavy atom. The molecule has 0 bridgehead atoms. The van der Waals surface area contributed by atoms with Crippen molar-refractivity contribution >= 4 is 11.8 Å². The van der Waals surface area contributed by atoms with Crippen LogP contribution in [-0.2, 0) is 15.0 Å². The van der Waals surface area contributed by atoms with Crippen molar-refractivity contribution in [3.63, 3.8) is 0 Å². The van der Waals surface area contributed by atoms with Gasteiger partial charge in [0, 0.05) is 24.9 Å². The summed E-state index contributed by atoms with van der Waals surface area (Å²) in [6.07, 6.45) is 5.78. The Bertz CT molecular complexity index is 815. The summed E-state index contributed by atoms with van der Waals surface area (Å²) in [7, 11) is 0. The number of piperidine rings is 1. The number of rotatable bonds is 6. The number of hydrogen-bond donors (Lipinski definition) is 1. The van der Waals surface area contributed by atoms with Crippen molar-refractivity contribution < 1.29 is 9.59 Å². The van der Waals surface area contributed by atoms with E-state index in [1.165, 1.54) is 12.0 Å². The van der Waals surface area contributed by atoms with Crippen LogP contribution in [0.2, 0.25) is 0 Å². The Morgan fingerprint density at radius 3 is 2.25 bits per heavy atom. The van der Waals surface area contributed by atoms with Crippen LogP contribution in [-0.4, -0.2) is 29.8 Å². The van der Waals surface area contributed by atoms with Gasteiger partial charge in [-0.3, -0.25) is 9.59 Å². The van der Waals surface area contributed by atoms with Gasteiger partial charge in [0.05, 0.1) is 0 Å². The van der Waals surface area contributed by atoms with Crippen LogP contribution in [0.25, 0.3) is 0 Å². The second-order valence-corrected chi connectivity index (χ2v) is 8.08. The van der Waals surface area contributed by atoms with Gasteiger partial charge in [-0.1, -0.05) is 67.1 Å². The van der Waals surface area contributed by atoms with Gasteiger partial charge in [0.1, 0.15) is 6.04 Å². The van der Waals surface area contributed by atoms with Crippen molar-refractivity contribution in [3.05, 3.63) is 71.8 Å². The normalized spacial score (nSPS) is 19.6. The van der Waals surface area contributed by atoms with E-state index in [1.807, 2.05) is 36.4 Å². The highest BCUT2D eigenvalue weighted by molar-refractivity contribution is 5.89. The third kappa shape index (κ3) is 3.68. The minimum absolute atomic E-state index is 0.0318. The third-order valence-corrected chi connectivity index (χ3v) is 6.33. The second-order valence-electron chi connectivity index (χ2n) is 8.08. The Kier molecular flexibility index (Phi) is 5.47. The molecular formula is C24H28N2O2. The predicted octanol–water partition coefficient (Wildman–Crippen LogP) is 3.98. The van der Waals surface area contributed by atoms with Crippen molar-refractivity contribution in [2.75, 3.05) is 13.1 Å². The molecule has 1 saturated heterocycles. The summed E-state index contributed by atoms with van der Waals surface area (Å²) in [4.78, 5) is 27.6. The van der Waals surface area contributed by atoms with E-state index in [0.29, 0.717) is 19.5 Å². The highest BCUT2D eigenvalue weighted by Gasteiger charge is 2.40. The summed E-state index contributed by atoms with van der Waals surface area (Å²) in [6, 6.07) is 19.6. The monoisotopic (exact) mass is 376 g/mol. The molecule has 2 fully saturated rings. The van der Waals surface area contributed by atoms with Gasteiger partial charge >= 0.3 is 0 Å². The van der Waals surface area contributed by atoms with Crippen LogP contribution in [0.15, 0.2) is 60.7 Å². The minimum Gasteiger partial charge on any atom is -0.353 e. The van der Waals surface area contributed by atoms with E-state index in [9.17, 15) is 9.59 Å². The molecule has 1 unspecified atom stereocenters. The summed E-state index contributed by atoms with van der Waals surface area (Å²) in [6.45, 7) is 1.27. The van der Waals surface area contributed by atoms with Crippen LogP contribution >= 0.6 is 0 Å². The number of likely N-dealkylation sites (tertiary alicyclic amines) is 1. The summed E-state index contributed by atoms with van der Waals surface area (Å²) in [5.74, 6) is 0.0142. The number of amides is 2. The highest BCUT2D eigenvalue weighted by Crippen LogP contribution is 2.43. The first kappa shape index (κ1) is 18.7. The molecule has 1 atom stereocenters. The molecule has 0 aromatic heterocycles. The standard InChI is InChI=1S/C24H28N2O2/c27-21-14-7-8-17-26(21)22(19-10-3-1-4-11-19)23(28)25-18-24(15-9-16-24)20-12-5-2-6-13-20/h1-6,10-13,22H,7-9,14-18H2,(H,25,28). The fraction of sp³-hybridized carbons (Fsp3) is 0.417. The maximum absolute atomic E-state index is 13.3. The molecule has 146 valence electrons. The lowest BCUT2D eigenvalue weighted by Crippen LogP contribution is -2.50. The first-order chi connectivity index (χ1) is 13.7. The summed E-state index contributed by atoms with van der Waals surface area (Å²) in [5, 5.41) is 3.21. The van der Waals surface area contributed by atoms with Gasteiger partial charge in [-0.15, -0.1) is 0 Å². The van der Waals surface area contributed by atoms with Crippen LogP contribution in [0.3, 0.4) is 0 Å². The molecule has 2 aromatic rings. The molecule has 1 aliphatic heterocycles. The van der Waals surface area contributed by atoms with Crippen LogP contribution in [0.5, 0.6) is 0 Å². The topological polar surface area (TPSA) is 49.4 Å². The molecule has 2 aromatic carbocycles. The lowest BCUT2D eigenvalue weighted by atomic mass is 9.64. The molecule has 2 aliphatic rings. The zero-order valence-electron chi connectivity index (χ0n) is 16.3. The van der Waals surface area contributed by atoms with Gasteiger partial charge in [0.25, 0.3) is 0 Å². The number of benzene rings is 2. The molecule has 4 rings (SSSR count). The Balaban J connectivity index is 1.53. The van der Waals surface area contributed by atoms with E-state index in [0.717, 1.165) is 31.2 Å². The maximum Gasteiger partial charge on any atom is 0.247 e.